The fourth-order valence-electron chi connectivity index (χ4n) is 11.9. The molecule has 2 atom stereocenters. The smallest absolute Gasteiger partial charge is 0.305 e. The highest BCUT2D eigenvalue weighted by Crippen LogP contribution is 2.19. The summed E-state index contributed by atoms with van der Waals surface area (Å²) in [7, 11) is 0. The van der Waals surface area contributed by atoms with Crippen LogP contribution in [0.2, 0.25) is 0 Å². The van der Waals surface area contributed by atoms with Crippen LogP contribution in [0.3, 0.4) is 0 Å². The predicted octanol–water partition coefficient (Wildman–Crippen LogP) is 24.1. The lowest BCUT2D eigenvalue weighted by Gasteiger charge is -2.22. The van der Waals surface area contributed by atoms with E-state index >= 15 is 0 Å². The van der Waals surface area contributed by atoms with Gasteiger partial charge in [-0.25, -0.2) is 0 Å². The van der Waals surface area contributed by atoms with Crippen LogP contribution in [0.25, 0.3) is 0 Å². The molecule has 480 valence electrons. The second kappa shape index (κ2) is 70.8. The van der Waals surface area contributed by atoms with Gasteiger partial charge in [-0.2, -0.15) is 0 Å². The number of hydrogen-bond acceptors (Lipinski definition) is 5. The first kappa shape index (κ1) is 79.3. The Morgan fingerprint density at radius 1 is 0.346 bits per heavy atom. The molecule has 0 heterocycles. The first-order valence-corrected chi connectivity index (χ1v) is 37.1. The van der Waals surface area contributed by atoms with Crippen LogP contribution in [0.5, 0.6) is 0 Å². The van der Waals surface area contributed by atoms with Gasteiger partial charge in [0.15, 0.2) is 0 Å². The van der Waals surface area contributed by atoms with Crippen molar-refractivity contribution >= 4 is 11.9 Å². The number of amides is 1. The predicted molar refractivity (Wildman–Crippen MR) is 356 cm³/mol. The van der Waals surface area contributed by atoms with Crippen molar-refractivity contribution in [2.24, 2.45) is 0 Å². The van der Waals surface area contributed by atoms with Crippen molar-refractivity contribution < 1.29 is 24.5 Å². The third-order valence-electron chi connectivity index (χ3n) is 17.5. The maximum Gasteiger partial charge on any atom is 0.305 e. The molecule has 0 radical (unpaired) electrons. The number of hydrogen-bond donors (Lipinski definition) is 3. The lowest BCUT2D eigenvalue weighted by Crippen LogP contribution is -2.45. The first-order chi connectivity index (χ1) is 40.0. The van der Waals surface area contributed by atoms with Gasteiger partial charge in [-0.1, -0.05) is 372 Å². The molecule has 0 saturated heterocycles. The lowest BCUT2D eigenvalue weighted by atomic mass is 10.0. The van der Waals surface area contributed by atoms with Crippen molar-refractivity contribution in [2.45, 2.75) is 431 Å². The summed E-state index contributed by atoms with van der Waals surface area (Å²) in [6, 6.07) is -0.538. The van der Waals surface area contributed by atoms with Crippen LogP contribution < -0.4 is 5.32 Å². The monoisotopic (exact) mass is 1140 g/mol. The lowest BCUT2D eigenvalue weighted by molar-refractivity contribution is -0.143. The van der Waals surface area contributed by atoms with E-state index in [0.717, 1.165) is 44.9 Å². The van der Waals surface area contributed by atoms with Gasteiger partial charge in [-0.05, 0) is 57.8 Å². The molecule has 0 aliphatic carbocycles. The molecule has 0 bridgehead atoms. The molecule has 6 heteroatoms. The van der Waals surface area contributed by atoms with E-state index in [4.69, 9.17) is 4.74 Å². The third kappa shape index (κ3) is 67.3. The van der Waals surface area contributed by atoms with E-state index in [1.807, 2.05) is 0 Å². The standard InChI is InChI=1S/C75H145NO5/c1-3-5-7-9-11-13-15-17-41-45-49-53-57-61-65-69-75(80)81-70-66-62-58-54-50-46-43-40-38-36-34-32-30-28-26-24-22-20-18-19-21-23-25-27-29-31-33-35-37-39-42-44-48-52-56-60-64-68-74(79)76-72(71-77)73(78)67-63-59-55-51-47-16-14-12-10-8-6-4-2/h18,20,24,26,72-73,77-78H,3-17,19,21-23,25,27-71H2,1-2H3,(H,76,79)/b20-18-,26-24-. The number of carbonyl (C=O) groups excluding carboxylic acids is 2. The van der Waals surface area contributed by atoms with E-state index in [9.17, 15) is 19.8 Å². The number of aliphatic hydroxyl groups excluding tert-OH is 2. The van der Waals surface area contributed by atoms with Gasteiger partial charge in [0.2, 0.25) is 5.91 Å². The summed E-state index contributed by atoms with van der Waals surface area (Å²) in [5.74, 6) is -0.00815. The fourth-order valence-corrected chi connectivity index (χ4v) is 11.9. The van der Waals surface area contributed by atoms with Crippen molar-refractivity contribution in [1.29, 1.82) is 0 Å². The highest BCUT2D eigenvalue weighted by Gasteiger charge is 2.20. The zero-order valence-electron chi connectivity index (χ0n) is 55.0. The number of ether oxygens (including phenoxy) is 1. The minimum atomic E-state index is -0.661. The molecular weight excluding hydrogens is 995 g/mol. The Balaban J connectivity index is 3.33. The summed E-state index contributed by atoms with van der Waals surface area (Å²) in [5.41, 5.74) is 0. The zero-order valence-corrected chi connectivity index (χ0v) is 55.0. The van der Waals surface area contributed by atoms with Crippen LogP contribution in [0, 0.1) is 0 Å². The number of carbonyl (C=O) groups is 2. The summed E-state index contributed by atoms with van der Waals surface area (Å²) in [6.45, 7) is 4.99. The number of nitrogens with one attached hydrogen (secondary N) is 1. The molecule has 0 aliphatic heterocycles. The molecule has 3 N–H and O–H groups in total. The second-order valence-electron chi connectivity index (χ2n) is 25.6. The molecule has 0 fully saturated rings. The Kier molecular flexibility index (Phi) is 69.4. The van der Waals surface area contributed by atoms with Gasteiger partial charge >= 0.3 is 5.97 Å². The number of esters is 1. The number of allylic oxidation sites excluding steroid dienone is 4. The Hall–Kier alpha value is -1.66. The Labute approximate surface area is 507 Å². The van der Waals surface area contributed by atoms with E-state index in [-0.39, 0.29) is 18.5 Å². The molecule has 2 unspecified atom stereocenters. The van der Waals surface area contributed by atoms with Crippen LogP contribution in [0.15, 0.2) is 24.3 Å². The van der Waals surface area contributed by atoms with Gasteiger partial charge in [0.25, 0.3) is 0 Å². The van der Waals surface area contributed by atoms with E-state index in [0.29, 0.717) is 25.9 Å². The molecule has 81 heavy (non-hydrogen) atoms. The summed E-state index contributed by atoms with van der Waals surface area (Å²) in [6.07, 6.45) is 89.7. The van der Waals surface area contributed by atoms with Crippen molar-refractivity contribution in [1.82, 2.24) is 5.32 Å². The highest BCUT2D eigenvalue weighted by atomic mass is 16.5. The number of aliphatic hydroxyl groups is 2. The second-order valence-corrected chi connectivity index (χ2v) is 25.6. The molecule has 0 aromatic carbocycles. The number of rotatable bonds is 70. The van der Waals surface area contributed by atoms with Crippen LogP contribution in [-0.2, 0) is 14.3 Å². The van der Waals surface area contributed by atoms with Crippen molar-refractivity contribution in [3.8, 4) is 0 Å². The summed E-state index contributed by atoms with van der Waals surface area (Å²) >= 11 is 0. The SMILES string of the molecule is CCCCCCCCCCCCCCCCCC(=O)OCCCCCCCCCCCCCCC/C=C\C/C=C\CCCCCCCCCCCCCCCCCCCC(=O)NC(CO)C(O)CCCCCCCCCCCCCC. The first-order valence-electron chi connectivity index (χ1n) is 37.1. The van der Waals surface area contributed by atoms with Gasteiger partial charge in [-0.3, -0.25) is 9.59 Å². The van der Waals surface area contributed by atoms with Crippen LogP contribution in [0.1, 0.15) is 418 Å². The fraction of sp³-hybridized carbons (Fsp3) is 0.920. The van der Waals surface area contributed by atoms with E-state index in [2.05, 4.69) is 43.5 Å². The zero-order chi connectivity index (χ0) is 58.5. The van der Waals surface area contributed by atoms with E-state index in [1.165, 1.54) is 340 Å². The maximum absolute atomic E-state index is 12.5. The van der Waals surface area contributed by atoms with E-state index in [1.54, 1.807) is 0 Å². The summed E-state index contributed by atoms with van der Waals surface area (Å²) < 4.78 is 5.50. The largest absolute Gasteiger partial charge is 0.466 e. The number of unbranched alkanes of at least 4 members (excludes halogenated alkanes) is 55. The molecular formula is C75H145NO5. The molecule has 0 rings (SSSR count). The van der Waals surface area contributed by atoms with Crippen molar-refractivity contribution in [3.05, 3.63) is 24.3 Å². The summed E-state index contributed by atoms with van der Waals surface area (Å²) in [4.78, 5) is 24.6. The highest BCUT2D eigenvalue weighted by molar-refractivity contribution is 5.76. The Morgan fingerprint density at radius 3 is 0.938 bits per heavy atom. The molecule has 6 nitrogen and oxygen atoms in total. The maximum atomic E-state index is 12.5. The minimum absolute atomic E-state index is 0.0224. The molecule has 0 spiro atoms. The van der Waals surface area contributed by atoms with Crippen LogP contribution in [-0.4, -0.2) is 47.4 Å². The Bertz CT molecular complexity index is 1270. The van der Waals surface area contributed by atoms with Crippen LogP contribution >= 0.6 is 0 Å². The normalized spacial score (nSPS) is 12.6. The Morgan fingerprint density at radius 2 is 0.617 bits per heavy atom. The topological polar surface area (TPSA) is 95.9 Å². The molecule has 0 saturated carbocycles. The molecule has 0 aromatic heterocycles. The van der Waals surface area contributed by atoms with Gasteiger partial charge in [0.05, 0.1) is 25.4 Å². The quantitative estimate of drug-likeness (QED) is 0.0320. The van der Waals surface area contributed by atoms with Crippen LogP contribution in [0.4, 0.5) is 0 Å². The van der Waals surface area contributed by atoms with Gasteiger partial charge in [-0.15, -0.1) is 0 Å². The third-order valence-corrected chi connectivity index (χ3v) is 17.5. The summed E-state index contributed by atoms with van der Waals surface area (Å²) in [5, 5.41) is 23.3. The minimum Gasteiger partial charge on any atom is -0.466 e. The van der Waals surface area contributed by atoms with Gasteiger partial charge in [0, 0.05) is 12.8 Å². The van der Waals surface area contributed by atoms with Gasteiger partial charge in [0.1, 0.15) is 0 Å². The van der Waals surface area contributed by atoms with Gasteiger partial charge < -0.3 is 20.3 Å². The molecule has 1 amide bonds. The molecule has 0 aliphatic rings. The van der Waals surface area contributed by atoms with E-state index < -0.39 is 12.1 Å². The average Bonchev–Trinajstić information content (AvgIpc) is 3.47. The average molecular weight is 1140 g/mol. The van der Waals surface area contributed by atoms with Crippen molar-refractivity contribution in [2.75, 3.05) is 13.2 Å². The molecule has 0 aromatic rings. The van der Waals surface area contributed by atoms with Crippen molar-refractivity contribution in [3.63, 3.8) is 0 Å².